The Balaban J connectivity index is 2.18. The Morgan fingerprint density at radius 3 is 2.64 bits per heavy atom. The first-order chi connectivity index (χ1) is 10.2. The Morgan fingerprint density at radius 1 is 1.36 bits per heavy atom. The number of hydrogen-bond acceptors (Lipinski definition) is 5. The minimum absolute atomic E-state index is 0.278. The fourth-order valence-electron chi connectivity index (χ4n) is 1.87. The van der Waals surface area contributed by atoms with Gasteiger partial charge in [0.15, 0.2) is 0 Å². The third-order valence-electron chi connectivity index (χ3n) is 2.80. The van der Waals surface area contributed by atoms with Crippen molar-refractivity contribution in [1.82, 2.24) is 15.2 Å². The Morgan fingerprint density at radius 2 is 2.00 bits per heavy atom. The second-order valence-corrected chi connectivity index (χ2v) is 5.87. The summed E-state index contributed by atoms with van der Waals surface area (Å²) in [5.74, 6) is -0.531. The molecule has 0 saturated heterocycles. The second-order valence-electron chi connectivity index (χ2n) is 5.87. The average Bonchev–Trinajstić information content (AvgIpc) is 2.73. The lowest BCUT2D eigenvalue weighted by molar-refractivity contribution is -0.645. The van der Waals surface area contributed by atoms with Crippen LogP contribution < -0.4 is 10.2 Å². The van der Waals surface area contributed by atoms with E-state index in [9.17, 15) is 14.8 Å². The van der Waals surface area contributed by atoms with E-state index in [1.54, 1.807) is 45.0 Å². The lowest BCUT2D eigenvalue weighted by atomic mass is 10.2. The number of aromatic nitrogens is 3. The van der Waals surface area contributed by atoms with Crippen molar-refractivity contribution in [3.05, 3.63) is 29.5 Å². The molecule has 0 spiro atoms. The summed E-state index contributed by atoms with van der Waals surface area (Å²) in [7, 11) is 0. The number of alkyl carbamates (subject to hydrolysis) is 1. The van der Waals surface area contributed by atoms with E-state index < -0.39 is 23.6 Å². The number of carbonyl (C=O) groups excluding carboxylic acids is 2. The van der Waals surface area contributed by atoms with Crippen molar-refractivity contribution in [3.8, 4) is 0 Å². The van der Waals surface area contributed by atoms with Crippen molar-refractivity contribution >= 4 is 23.0 Å². The van der Waals surface area contributed by atoms with Crippen molar-refractivity contribution in [2.24, 2.45) is 0 Å². The first-order valence-corrected chi connectivity index (χ1v) is 6.80. The molecular weight excluding hydrogens is 288 g/mol. The Bertz CT molecular complexity index is 717. The predicted octanol–water partition coefficient (Wildman–Crippen LogP) is 1.22. The number of hydrogen-bond donors (Lipinski definition) is 1. The van der Waals surface area contributed by atoms with Gasteiger partial charge in [0, 0.05) is 0 Å². The molecule has 0 saturated carbocycles. The molecule has 2 aromatic rings. The van der Waals surface area contributed by atoms with Gasteiger partial charge in [-0.2, -0.15) is 0 Å². The SMILES string of the molecule is CC(NC(=O)OC(C)(C)C)C(=O)n1n[n+]([O-])c2ccccc21. The van der Waals surface area contributed by atoms with E-state index in [1.807, 2.05) is 0 Å². The molecule has 22 heavy (non-hydrogen) atoms. The highest BCUT2D eigenvalue weighted by atomic mass is 16.6. The fourth-order valence-corrected chi connectivity index (χ4v) is 1.87. The third kappa shape index (κ3) is 3.33. The molecule has 0 fully saturated rings. The number of carbonyl (C=O) groups is 2. The first-order valence-electron chi connectivity index (χ1n) is 6.80. The smallest absolute Gasteiger partial charge is 0.408 e. The lowest BCUT2D eigenvalue weighted by Gasteiger charge is -2.20. The van der Waals surface area contributed by atoms with Crippen LogP contribution in [0.15, 0.2) is 24.3 Å². The third-order valence-corrected chi connectivity index (χ3v) is 2.80. The molecule has 2 rings (SSSR count). The summed E-state index contributed by atoms with van der Waals surface area (Å²) in [4.78, 5) is 24.4. The monoisotopic (exact) mass is 306 g/mol. The standard InChI is InChI=1S/C14H18N4O4/c1-9(15-13(20)22-14(2,3)4)12(19)17-10-7-5-6-8-11(10)18(21)16-17/h5-9H,1-4H3,(H,15,20). The lowest BCUT2D eigenvalue weighted by Crippen LogP contribution is -2.44. The Hall–Kier alpha value is -2.64. The topological polar surface area (TPSA) is 100 Å². The van der Waals surface area contributed by atoms with Crippen LogP contribution in [-0.4, -0.2) is 33.5 Å². The van der Waals surface area contributed by atoms with Crippen molar-refractivity contribution in [3.63, 3.8) is 0 Å². The second kappa shape index (κ2) is 5.63. The highest BCUT2D eigenvalue weighted by molar-refractivity contribution is 5.92. The number of para-hydroxylation sites is 2. The van der Waals surface area contributed by atoms with Crippen LogP contribution in [0.25, 0.3) is 11.0 Å². The number of fused-ring (bicyclic) bond motifs is 1. The van der Waals surface area contributed by atoms with Crippen LogP contribution in [0.2, 0.25) is 0 Å². The van der Waals surface area contributed by atoms with Crippen LogP contribution in [0.1, 0.15) is 32.5 Å². The van der Waals surface area contributed by atoms with Gasteiger partial charge >= 0.3 is 12.0 Å². The van der Waals surface area contributed by atoms with E-state index in [2.05, 4.69) is 10.5 Å². The number of nitrogens with zero attached hydrogens (tertiary/aromatic N) is 3. The van der Waals surface area contributed by atoms with Crippen LogP contribution in [0.4, 0.5) is 4.79 Å². The van der Waals surface area contributed by atoms with Crippen LogP contribution in [0, 0.1) is 5.21 Å². The van der Waals surface area contributed by atoms with Crippen LogP contribution in [-0.2, 0) is 4.74 Å². The van der Waals surface area contributed by atoms with Crippen molar-refractivity contribution < 1.29 is 19.2 Å². The summed E-state index contributed by atoms with van der Waals surface area (Å²) in [5, 5.41) is 17.7. The molecule has 1 aromatic heterocycles. The summed E-state index contributed by atoms with van der Waals surface area (Å²) in [6, 6.07) is 5.65. The molecule has 1 aromatic carbocycles. The van der Waals surface area contributed by atoms with Gasteiger partial charge in [-0.1, -0.05) is 16.8 Å². The quantitative estimate of drug-likeness (QED) is 0.664. The average molecular weight is 306 g/mol. The molecule has 0 aliphatic rings. The van der Waals surface area contributed by atoms with Gasteiger partial charge in [-0.05, 0) is 39.8 Å². The summed E-state index contributed by atoms with van der Waals surface area (Å²) in [5.41, 5.74) is -0.0100. The Labute approximate surface area is 127 Å². The van der Waals surface area contributed by atoms with Crippen LogP contribution >= 0.6 is 0 Å². The van der Waals surface area contributed by atoms with Crippen molar-refractivity contribution in [2.75, 3.05) is 0 Å². The van der Waals surface area contributed by atoms with E-state index in [1.165, 1.54) is 6.92 Å². The highest BCUT2D eigenvalue weighted by Gasteiger charge is 2.28. The van der Waals surface area contributed by atoms with Crippen LogP contribution in [0.5, 0.6) is 0 Å². The summed E-state index contributed by atoms with van der Waals surface area (Å²) >= 11 is 0. The number of amides is 1. The van der Waals surface area contributed by atoms with E-state index in [4.69, 9.17) is 4.74 Å². The zero-order valence-corrected chi connectivity index (χ0v) is 12.9. The number of nitrogens with one attached hydrogen (secondary N) is 1. The molecule has 0 radical (unpaired) electrons. The minimum atomic E-state index is -0.891. The van der Waals surface area contributed by atoms with Gasteiger partial charge in [-0.15, -0.1) is 4.85 Å². The fraction of sp³-hybridized carbons (Fsp3) is 0.429. The number of ether oxygens (including phenoxy) is 1. The van der Waals surface area contributed by atoms with E-state index in [0.717, 1.165) is 4.68 Å². The van der Waals surface area contributed by atoms with Gasteiger partial charge in [0.25, 0.3) is 0 Å². The van der Waals surface area contributed by atoms with E-state index >= 15 is 0 Å². The van der Waals surface area contributed by atoms with Gasteiger partial charge in [0.2, 0.25) is 11.0 Å². The molecule has 118 valence electrons. The van der Waals surface area contributed by atoms with Gasteiger partial charge in [0.05, 0.1) is 0 Å². The summed E-state index contributed by atoms with van der Waals surface area (Å²) in [6.07, 6.45) is -0.709. The maximum absolute atomic E-state index is 12.4. The molecule has 0 aliphatic heterocycles. The maximum Gasteiger partial charge on any atom is 0.408 e. The maximum atomic E-state index is 12.4. The molecule has 8 heteroatoms. The molecule has 1 N–H and O–H groups in total. The van der Waals surface area contributed by atoms with Gasteiger partial charge in [0.1, 0.15) is 16.9 Å². The largest absolute Gasteiger partial charge is 0.691 e. The van der Waals surface area contributed by atoms with Gasteiger partial charge in [-0.3, -0.25) is 0 Å². The number of benzene rings is 1. The summed E-state index contributed by atoms with van der Waals surface area (Å²) in [6.45, 7) is 6.67. The normalized spacial score (nSPS) is 12.9. The molecule has 1 atom stereocenters. The molecule has 1 unspecified atom stereocenters. The van der Waals surface area contributed by atoms with Gasteiger partial charge < -0.3 is 15.3 Å². The predicted molar refractivity (Wildman–Crippen MR) is 78.2 cm³/mol. The highest BCUT2D eigenvalue weighted by Crippen LogP contribution is 2.10. The molecule has 0 bridgehead atoms. The molecule has 8 nitrogen and oxygen atoms in total. The number of rotatable bonds is 2. The van der Waals surface area contributed by atoms with Crippen molar-refractivity contribution in [1.29, 1.82) is 0 Å². The van der Waals surface area contributed by atoms with Crippen molar-refractivity contribution in [2.45, 2.75) is 39.3 Å². The zero-order valence-electron chi connectivity index (χ0n) is 12.9. The summed E-state index contributed by atoms with van der Waals surface area (Å²) < 4.78 is 6.06. The molecule has 1 heterocycles. The van der Waals surface area contributed by atoms with Crippen LogP contribution in [0.3, 0.4) is 0 Å². The van der Waals surface area contributed by atoms with Gasteiger partial charge in [-0.25, -0.2) is 9.59 Å². The molecular formula is C14H18N4O4. The first kappa shape index (κ1) is 15.7. The minimum Gasteiger partial charge on any atom is -0.691 e. The van der Waals surface area contributed by atoms with E-state index in [-0.39, 0.29) is 5.52 Å². The zero-order chi connectivity index (χ0) is 16.5. The Kier molecular flexibility index (Phi) is 4.03. The van der Waals surface area contributed by atoms with E-state index in [0.29, 0.717) is 10.4 Å². The molecule has 1 amide bonds. The molecule has 0 aliphatic carbocycles.